The van der Waals surface area contributed by atoms with E-state index in [1.807, 2.05) is 12.3 Å². The van der Waals surface area contributed by atoms with E-state index in [0.717, 1.165) is 11.1 Å². The van der Waals surface area contributed by atoms with E-state index in [0.29, 0.717) is 18.4 Å². The van der Waals surface area contributed by atoms with Crippen LogP contribution in [0.25, 0.3) is 10.9 Å². The maximum Gasteiger partial charge on any atom is 0.132 e. The van der Waals surface area contributed by atoms with Crippen molar-refractivity contribution in [2.45, 2.75) is 6.42 Å². The number of nitrogens with two attached hydrogens (primary N) is 1. The summed E-state index contributed by atoms with van der Waals surface area (Å²) >= 11 is 0. The number of benzene rings is 1. The molecule has 0 bridgehead atoms. The van der Waals surface area contributed by atoms with Crippen molar-refractivity contribution in [1.29, 1.82) is 0 Å². The second-order valence-electron chi connectivity index (χ2n) is 3.01. The number of aromatic nitrogens is 1. The third-order valence-electron chi connectivity index (χ3n) is 2.15. The lowest BCUT2D eigenvalue weighted by Crippen LogP contribution is -2.02. The highest BCUT2D eigenvalue weighted by molar-refractivity contribution is 5.83. The van der Waals surface area contributed by atoms with Crippen LogP contribution in [0.2, 0.25) is 0 Å². The zero-order chi connectivity index (χ0) is 9.26. The standard InChI is InChI=1S/C10H11FN2/c11-8-2-1-3-9-10(8)7(4-5-12)6-13-9/h1-3,6,13H,4-5,12H2. The SMILES string of the molecule is NCCc1c[nH]c2cccc(F)c12. The Labute approximate surface area is 75.6 Å². The Bertz CT molecular complexity index is 420. The largest absolute Gasteiger partial charge is 0.361 e. The predicted molar refractivity (Wildman–Crippen MR) is 51.0 cm³/mol. The molecule has 2 aromatic rings. The third-order valence-corrected chi connectivity index (χ3v) is 2.15. The van der Waals surface area contributed by atoms with Gasteiger partial charge in [0.1, 0.15) is 5.82 Å². The van der Waals surface area contributed by atoms with Crippen molar-refractivity contribution < 1.29 is 4.39 Å². The Balaban J connectivity index is 2.64. The molecular formula is C10H11FN2. The predicted octanol–water partition coefficient (Wildman–Crippen LogP) is 1.81. The summed E-state index contributed by atoms with van der Waals surface area (Å²) in [6.45, 7) is 0.543. The van der Waals surface area contributed by atoms with Crippen molar-refractivity contribution in [2.75, 3.05) is 6.54 Å². The van der Waals surface area contributed by atoms with E-state index in [-0.39, 0.29) is 5.82 Å². The van der Waals surface area contributed by atoms with E-state index in [1.165, 1.54) is 6.07 Å². The molecule has 2 rings (SSSR count). The van der Waals surface area contributed by atoms with Crippen LogP contribution in [0.4, 0.5) is 4.39 Å². The molecule has 1 heterocycles. The van der Waals surface area contributed by atoms with Gasteiger partial charge in [0.05, 0.1) is 0 Å². The molecule has 1 aromatic heterocycles. The van der Waals surface area contributed by atoms with Crippen LogP contribution in [-0.2, 0) is 6.42 Å². The summed E-state index contributed by atoms with van der Waals surface area (Å²) in [7, 11) is 0. The number of hydrogen-bond donors (Lipinski definition) is 2. The number of rotatable bonds is 2. The molecule has 68 valence electrons. The Hall–Kier alpha value is -1.35. The topological polar surface area (TPSA) is 41.8 Å². The molecule has 2 nitrogen and oxygen atoms in total. The lowest BCUT2D eigenvalue weighted by Gasteiger charge is -1.96. The van der Waals surface area contributed by atoms with Crippen LogP contribution in [0, 0.1) is 5.82 Å². The van der Waals surface area contributed by atoms with Crippen LogP contribution in [0.1, 0.15) is 5.56 Å². The molecule has 0 aliphatic carbocycles. The highest BCUT2D eigenvalue weighted by atomic mass is 19.1. The van der Waals surface area contributed by atoms with Crippen LogP contribution in [-0.4, -0.2) is 11.5 Å². The smallest absolute Gasteiger partial charge is 0.132 e. The van der Waals surface area contributed by atoms with Crippen molar-refractivity contribution in [2.24, 2.45) is 5.73 Å². The number of aromatic amines is 1. The van der Waals surface area contributed by atoms with Crippen LogP contribution < -0.4 is 5.73 Å². The first-order chi connectivity index (χ1) is 6.33. The molecule has 1 aromatic carbocycles. The van der Waals surface area contributed by atoms with Gasteiger partial charge in [-0.25, -0.2) is 4.39 Å². The fourth-order valence-corrected chi connectivity index (χ4v) is 1.56. The van der Waals surface area contributed by atoms with Crippen LogP contribution in [0.15, 0.2) is 24.4 Å². The molecule has 0 fully saturated rings. The summed E-state index contributed by atoms with van der Waals surface area (Å²) in [6, 6.07) is 5.02. The van der Waals surface area contributed by atoms with Gasteiger partial charge in [-0.2, -0.15) is 0 Å². The van der Waals surface area contributed by atoms with Crippen molar-refractivity contribution >= 4 is 10.9 Å². The second kappa shape index (κ2) is 3.18. The van der Waals surface area contributed by atoms with Gasteiger partial charge in [0.15, 0.2) is 0 Å². The maximum atomic E-state index is 13.3. The molecule has 13 heavy (non-hydrogen) atoms. The first-order valence-electron chi connectivity index (χ1n) is 4.27. The Morgan fingerprint density at radius 1 is 1.38 bits per heavy atom. The average Bonchev–Trinajstić information content (AvgIpc) is 2.51. The lowest BCUT2D eigenvalue weighted by atomic mass is 10.1. The summed E-state index contributed by atoms with van der Waals surface area (Å²) in [5, 5.41) is 0.674. The summed E-state index contributed by atoms with van der Waals surface area (Å²) in [6.07, 6.45) is 2.53. The fraction of sp³-hybridized carbons (Fsp3) is 0.200. The van der Waals surface area contributed by atoms with Gasteiger partial charge in [0, 0.05) is 17.1 Å². The maximum absolute atomic E-state index is 13.3. The van der Waals surface area contributed by atoms with Crippen LogP contribution in [0.5, 0.6) is 0 Å². The van der Waals surface area contributed by atoms with Gasteiger partial charge in [0.25, 0.3) is 0 Å². The number of H-pyrrole nitrogens is 1. The highest BCUT2D eigenvalue weighted by Crippen LogP contribution is 2.21. The van der Waals surface area contributed by atoms with Crippen molar-refractivity contribution in [1.82, 2.24) is 4.98 Å². The van der Waals surface area contributed by atoms with E-state index in [2.05, 4.69) is 4.98 Å². The summed E-state index contributed by atoms with van der Waals surface area (Å²) < 4.78 is 13.3. The van der Waals surface area contributed by atoms with Gasteiger partial charge in [-0.1, -0.05) is 6.07 Å². The molecule has 3 heteroatoms. The van der Waals surface area contributed by atoms with E-state index in [4.69, 9.17) is 5.73 Å². The highest BCUT2D eigenvalue weighted by Gasteiger charge is 2.06. The molecule has 0 aliphatic rings. The minimum Gasteiger partial charge on any atom is -0.361 e. The molecule has 0 atom stereocenters. The Kier molecular flexibility index (Phi) is 2.02. The molecule has 0 saturated heterocycles. The van der Waals surface area contributed by atoms with E-state index < -0.39 is 0 Å². The minimum absolute atomic E-state index is 0.179. The van der Waals surface area contributed by atoms with Gasteiger partial charge in [-0.05, 0) is 30.7 Å². The van der Waals surface area contributed by atoms with Crippen molar-refractivity contribution in [3.63, 3.8) is 0 Å². The van der Waals surface area contributed by atoms with Gasteiger partial charge >= 0.3 is 0 Å². The molecule has 0 aliphatic heterocycles. The van der Waals surface area contributed by atoms with E-state index in [1.54, 1.807) is 6.07 Å². The quantitative estimate of drug-likeness (QED) is 0.723. The zero-order valence-electron chi connectivity index (χ0n) is 7.18. The molecule has 3 N–H and O–H groups in total. The van der Waals surface area contributed by atoms with Gasteiger partial charge in [-0.3, -0.25) is 0 Å². The van der Waals surface area contributed by atoms with Gasteiger partial charge in [-0.15, -0.1) is 0 Å². The normalized spacial score (nSPS) is 10.9. The number of nitrogens with one attached hydrogen (secondary N) is 1. The first-order valence-corrected chi connectivity index (χ1v) is 4.27. The molecule has 0 amide bonds. The Morgan fingerprint density at radius 3 is 3.00 bits per heavy atom. The fourth-order valence-electron chi connectivity index (χ4n) is 1.56. The van der Waals surface area contributed by atoms with Crippen LogP contribution in [0.3, 0.4) is 0 Å². The number of fused-ring (bicyclic) bond motifs is 1. The minimum atomic E-state index is -0.179. The molecular weight excluding hydrogens is 167 g/mol. The number of hydrogen-bond acceptors (Lipinski definition) is 1. The first kappa shape index (κ1) is 8.26. The van der Waals surface area contributed by atoms with Crippen LogP contribution >= 0.6 is 0 Å². The summed E-state index contributed by atoms with van der Waals surface area (Å²) in [4.78, 5) is 3.02. The van der Waals surface area contributed by atoms with E-state index in [9.17, 15) is 4.39 Å². The monoisotopic (exact) mass is 178 g/mol. The van der Waals surface area contributed by atoms with Gasteiger partial charge < -0.3 is 10.7 Å². The summed E-state index contributed by atoms with van der Waals surface area (Å²) in [5.41, 5.74) is 7.22. The molecule has 0 radical (unpaired) electrons. The van der Waals surface area contributed by atoms with Crippen molar-refractivity contribution in [3.05, 3.63) is 35.8 Å². The third kappa shape index (κ3) is 1.31. The molecule has 0 spiro atoms. The van der Waals surface area contributed by atoms with E-state index >= 15 is 0 Å². The van der Waals surface area contributed by atoms with Crippen molar-refractivity contribution in [3.8, 4) is 0 Å². The number of halogens is 1. The Morgan fingerprint density at radius 2 is 2.23 bits per heavy atom. The summed E-state index contributed by atoms with van der Waals surface area (Å²) in [5.74, 6) is -0.179. The van der Waals surface area contributed by atoms with Gasteiger partial charge in [0.2, 0.25) is 0 Å². The average molecular weight is 178 g/mol. The second-order valence-corrected chi connectivity index (χ2v) is 3.01. The molecule has 0 unspecified atom stereocenters. The zero-order valence-corrected chi connectivity index (χ0v) is 7.18. The molecule has 0 saturated carbocycles. The lowest BCUT2D eigenvalue weighted by molar-refractivity contribution is 0.639.